The van der Waals surface area contributed by atoms with Crippen molar-refractivity contribution in [1.29, 1.82) is 0 Å². The standard InChI is InChI=1S/C15H26N2S/c1-4-12-7-6-11(3)17(12)14(10-16)15-9-8-13(5-2)18-15/h8-9,11-12,14H,4-7,10,16H2,1-3H3. The van der Waals surface area contributed by atoms with E-state index in [0.717, 1.165) is 19.0 Å². The Labute approximate surface area is 115 Å². The molecule has 0 spiro atoms. The quantitative estimate of drug-likeness (QED) is 0.882. The first-order valence-corrected chi connectivity index (χ1v) is 8.09. The molecule has 0 saturated carbocycles. The van der Waals surface area contributed by atoms with E-state index in [-0.39, 0.29) is 0 Å². The van der Waals surface area contributed by atoms with Crippen LogP contribution in [0.5, 0.6) is 0 Å². The third-order valence-electron chi connectivity index (χ3n) is 4.26. The second-order valence-electron chi connectivity index (χ2n) is 5.34. The molecule has 0 aromatic carbocycles. The summed E-state index contributed by atoms with van der Waals surface area (Å²) in [5.74, 6) is 0. The predicted octanol–water partition coefficient (Wildman–Crippen LogP) is 3.57. The van der Waals surface area contributed by atoms with E-state index in [9.17, 15) is 0 Å². The SMILES string of the molecule is CCc1ccc(C(CN)N2C(C)CCC2CC)s1. The van der Waals surface area contributed by atoms with E-state index in [1.54, 1.807) is 0 Å². The van der Waals surface area contributed by atoms with Crippen LogP contribution in [0.1, 0.15) is 55.8 Å². The van der Waals surface area contributed by atoms with Crippen molar-refractivity contribution in [3.63, 3.8) is 0 Å². The fraction of sp³-hybridized carbons (Fsp3) is 0.733. The van der Waals surface area contributed by atoms with E-state index in [0.29, 0.717) is 12.1 Å². The molecule has 0 aliphatic carbocycles. The molecule has 2 heterocycles. The second kappa shape index (κ2) is 6.18. The minimum absolute atomic E-state index is 0.428. The third-order valence-corrected chi connectivity index (χ3v) is 5.59. The molecule has 1 aromatic rings. The van der Waals surface area contributed by atoms with Gasteiger partial charge < -0.3 is 5.73 Å². The molecule has 102 valence electrons. The molecule has 0 bridgehead atoms. The summed E-state index contributed by atoms with van der Waals surface area (Å²) in [6.07, 6.45) is 5.03. The highest BCUT2D eigenvalue weighted by Gasteiger charge is 2.35. The van der Waals surface area contributed by atoms with Gasteiger partial charge in [-0.05, 0) is 44.7 Å². The number of aryl methyl sites for hydroxylation is 1. The molecule has 0 amide bonds. The molecule has 0 radical (unpaired) electrons. The molecule has 1 aliphatic rings. The Balaban J connectivity index is 2.21. The van der Waals surface area contributed by atoms with Crippen molar-refractivity contribution in [3.05, 3.63) is 21.9 Å². The molecule has 18 heavy (non-hydrogen) atoms. The molecular weight excluding hydrogens is 240 g/mol. The highest BCUT2D eigenvalue weighted by molar-refractivity contribution is 7.12. The number of likely N-dealkylation sites (tertiary alicyclic amines) is 1. The van der Waals surface area contributed by atoms with Gasteiger partial charge in [0.25, 0.3) is 0 Å². The Hall–Kier alpha value is -0.380. The van der Waals surface area contributed by atoms with Gasteiger partial charge >= 0.3 is 0 Å². The highest BCUT2D eigenvalue weighted by atomic mass is 32.1. The molecule has 2 nitrogen and oxygen atoms in total. The summed E-state index contributed by atoms with van der Waals surface area (Å²) in [5, 5.41) is 0. The van der Waals surface area contributed by atoms with Crippen LogP contribution in [0.25, 0.3) is 0 Å². The fourth-order valence-corrected chi connectivity index (χ4v) is 4.29. The lowest BCUT2D eigenvalue weighted by molar-refractivity contribution is 0.139. The molecule has 1 aliphatic heterocycles. The summed E-state index contributed by atoms with van der Waals surface area (Å²) in [5.41, 5.74) is 6.08. The second-order valence-corrected chi connectivity index (χ2v) is 6.54. The average Bonchev–Trinajstić information content (AvgIpc) is 2.99. The van der Waals surface area contributed by atoms with Crippen molar-refractivity contribution in [2.75, 3.05) is 6.54 Å². The van der Waals surface area contributed by atoms with Gasteiger partial charge in [0.15, 0.2) is 0 Å². The number of hydrogen-bond donors (Lipinski definition) is 1. The first kappa shape index (κ1) is 14.0. The largest absolute Gasteiger partial charge is 0.329 e. The van der Waals surface area contributed by atoms with Gasteiger partial charge in [0.1, 0.15) is 0 Å². The molecular formula is C15H26N2S. The molecule has 1 fully saturated rings. The highest BCUT2D eigenvalue weighted by Crippen LogP contribution is 2.37. The van der Waals surface area contributed by atoms with Crippen LogP contribution in [0.15, 0.2) is 12.1 Å². The van der Waals surface area contributed by atoms with Gasteiger partial charge in [-0.3, -0.25) is 4.90 Å². The van der Waals surface area contributed by atoms with Crippen molar-refractivity contribution >= 4 is 11.3 Å². The monoisotopic (exact) mass is 266 g/mol. The third kappa shape index (κ3) is 2.63. The Bertz CT molecular complexity index is 374. The average molecular weight is 266 g/mol. The minimum atomic E-state index is 0.428. The Morgan fingerprint density at radius 2 is 2.17 bits per heavy atom. The zero-order valence-electron chi connectivity index (χ0n) is 11.9. The maximum Gasteiger partial charge on any atom is 0.0569 e. The lowest BCUT2D eigenvalue weighted by Crippen LogP contribution is -2.40. The van der Waals surface area contributed by atoms with Gasteiger partial charge in [0.2, 0.25) is 0 Å². The zero-order chi connectivity index (χ0) is 13.1. The summed E-state index contributed by atoms with van der Waals surface area (Å²) in [6, 6.07) is 6.39. The fourth-order valence-electron chi connectivity index (χ4n) is 3.22. The summed E-state index contributed by atoms with van der Waals surface area (Å²) in [7, 11) is 0. The molecule has 2 N–H and O–H groups in total. The minimum Gasteiger partial charge on any atom is -0.329 e. The maximum atomic E-state index is 6.08. The van der Waals surface area contributed by atoms with Gasteiger partial charge in [-0.1, -0.05) is 13.8 Å². The van der Waals surface area contributed by atoms with Crippen LogP contribution in [-0.2, 0) is 6.42 Å². The van der Waals surface area contributed by atoms with E-state index in [4.69, 9.17) is 5.73 Å². The Kier molecular flexibility index (Phi) is 4.82. The van der Waals surface area contributed by atoms with Gasteiger partial charge in [0, 0.05) is 28.4 Å². The van der Waals surface area contributed by atoms with Crippen molar-refractivity contribution in [1.82, 2.24) is 4.90 Å². The summed E-state index contributed by atoms with van der Waals surface area (Å²) < 4.78 is 0. The van der Waals surface area contributed by atoms with Crippen LogP contribution in [-0.4, -0.2) is 23.5 Å². The zero-order valence-corrected chi connectivity index (χ0v) is 12.7. The number of rotatable bonds is 5. The summed E-state index contributed by atoms with van der Waals surface area (Å²) in [4.78, 5) is 5.61. The van der Waals surface area contributed by atoms with Crippen molar-refractivity contribution in [2.45, 2.75) is 64.6 Å². The maximum absolute atomic E-state index is 6.08. The topological polar surface area (TPSA) is 29.3 Å². The molecule has 3 unspecified atom stereocenters. The smallest absolute Gasteiger partial charge is 0.0569 e. The van der Waals surface area contributed by atoms with Crippen molar-refractivity contribution < 1.29 is 0 Å². The first-order valence-electron chi connectivity index (χ1n) is 7.27. The normalized spacial score (nSPS) is 26.7. The predicted molar refractivity (Wildman–Crippen MR) is 80.1 cm³/mol. The van der Waals surface area contributed by atoms with E-state index >= 15 is 0 Å². The molecule has 1 saturated heterocycles. The van der Waals surface area contributed by atoms with Gasteiger partial charge in [-0.2, -0.15) is 0 Å². The van der Waals surface area contributed by atoms with Crippen LogP contribution in [0.4, 0.5) is 0 Å². The Morgan fingerprint density at radius 3 is 2.72 bits per heavy atom. The van der Waals surface area contributed by atoms with Crippen molar-refractivity contribution in [3.8, 4) is 0 Å². The van der Waals surface area contributed by atoms with E-state index in [1.165, 1.54) is 29.0 Å². The van der Waals surface area contributed by atoms with Crippen molar-refractivity contribution in [2.24, 2.45) is 5.73 Å². The molecule has 2 rings (SSSR count). The van der Waals surface area contributed by atoms with Crippen LogP contribution in [0.2, 0.25) is 0 Å². The lowest BCUT2D eigenvalue weighted by Gasteiger charge is -2.35. The number of nitrogens with zero attached hydrogens (tertiary/aromatic N) is 1. The van der Waals surface area contributed by atoms with Gasteiger partial charge in [0.05, 0.1) is 6.04 Å². The van der Waals surface area contributed by atoms with E-state index in [2.05, 4.69) is 37.8 Å². The lowest BCUT2D eigenvalue weighted by atomic mass is 10.1. The van der Waals surface area contributed by atoms with Crippen LogP contribution < -0.4 is 5.73 Å². The van der Waals surface area contributed by atoms with Gasteiger partial charge in [-0.25, -0.2) is 0 Å². The Morgan fingerprint density at radius 1 is 1.39 bits per heavy atom. The number of hydrogen-bond acceptors (Lipinski definition) is 3. The van der Waals surface area contributed by atoms with Crippen LogP contribution >= 0.6 is 11.3 Å². The van der Waals surface area contributed by atoms with E-state index in [1.807, 2.05) is 11.3 Å². The molecule has 1 aromatic heterocycles. The van der Waals surface area contributed by atoms with Crippen LogP contribution in [0, 0.1) is 0 Å². The van der Waals surface area contributed by atoms with E-state index < -0.39 is 0 Å². The van der Waals surface area contributed by atoms with Crippen LogP contribution in [0.3, 0.4) is 0 Å². The van der Waals surface area contributed by atoms with Gasteiger partial charge in [-0.15, -0.1) is 11.3 Å². The summed E-state index contributed by atoms with van der Waals surface area (Å²) in [6.45, 7) is 7.62. The molecule has 3 atom stereocenters. The number of thiophene rings is 1. The number of nitrogens with two attached hydrogens (primary N) is 1. The molecule has 3 heteroatoms. The summed E-state index contributed by atoms with van der Waals surface area (Å²) >= 11 is 1.95. The first-order chi connectivity index (χ1) is 8.71.